The minimum atomic E-state index is 0.548. The van der Waals surface area contributed by atoms with Gasteiger partial charge < -0.3 is 5.32 Å². The molecule has 0 heterocycles. The lowest BCUT2D eigenvalue weighted by Crippen LogP contribution is -2.14. The van der Waals surface area contributed by atoms with Crippen molar-refractivity contribution in [2.75, 3.05) is 13.6 Å². The van der Waals surface area contributed by atoms with Crippen molar-refractivity contribution >= 4 is 11.6 Å². The molecule has 0 radical (unpaired) electrons. The van der Waals surface area contributed by atoms with Crippen molar-refractivity contribution in [3.8, 4) is 0 Å². The molecule has 0 bridgehead atoms. The molecule has 0 aliphatic rings. The maximum absolute atomic E-state index is 5.78. The topological polar surface area (TPSA) is 12.0 Å². The molecule has 66 valence electrons. The molecule has 0 amide bonds. The van der Waals surface area contributed by atoms with Crippen molar-refractivity contribution in [3.63, 3.8) is 0 Å². The van der Waals surface area contributed by atoms with E-state index in [2.05, 4.69) is 24.4 Å². The second-order valence-corrected chi connectivity index (χ2v) is 3.45. The molecule has 1 aromatic carbocycles. The number of halogens is 1. The molecule has 1 aromatic rings. The average Bonchev–Trinajstić information content (AvgIpc) is 2.06. The van der Waals surface area contributed by atoms with Gasteiger partial charge in [0.25, 0.3) is 0 Å². The summed E-state index contributed by atoms with van der Waals surface area (Å²) in [6.45, 7) is 3.20. The van der Waals surface area contributed by atoms with Crippen molar-refractivity contribution in [1.82, 2.24) is 5.32 Å². The zero-order chi connectivity index (χ0) is 8.97. The number of nitrogens with one attached hydrogen (secondary N) is 1. The van der Waals surface area contributed by atoms with E-state index >= 15 is 0 Å². The first kappa shape index (κ1) is 9.56. The molecule has 12 heavy (non-hydrogen) atoms. The minimum absolute atomic E-state index is 0.548. The second-order valence-electron chi connectivity index (χ2n) is 3.01. The van der Waals surface area contributed by atoms with E-state index in [1.807, 2.05) is 19.2 Å². The summed E-state index contributed by atoms with van der Waals surface area (Å²) in [5.74, 6) is 0.548. The summed E-state index contributed by atoms with van der Waals surface area (Å²) in [6, 6.07) is 8.01. The van der Waals surface area contributed by atoms with Gasteiger partial charge in [0.05, 0.1) is 0 Å². The first-order valence-corrected chi connectivity index (χ1v) is 4.52. The van der Waals surface area contributed by atoms with Gasteiger partial charge in [-0.3, -0.25) is 0 Å². The molecule has 0 aromatic heterocycles. The maximum Gasteiger partial charge on any atom is 0.0406 e. The highest BCUT2D eigenvalue weighted by atomic mass is 35.5. The highest BCUT2D eigenvalue weighted by Crippen LogP contribution is 2.16. The van der Waals surface area contributed by atoms with Gasteiger partial charge in [-0.25, -0.2) is 0 Å². The Morgan fingerprint density at radius 1 is 1.33 bits per heavy atom. The Balaban J connectivity index is 2.68. The first-order chi connectivity index (χ1) is 5.74. The van der Waals surface area contributed by atoms with Crippen LogP contribution in [0.5, 0.6) is 0 Å². The standard InChI is InChI=1S/C10H14ClN/c1-8(7-12-2)9-3-5-10(11)6-4-9/h3-6,8,12H,7H2,1-2H3/t8-/m0/s1. The largest absolute Gasteiger partial charge is 0.319 e. The van der Waals surface area contributed by atoms with E-state index in [9.17, 15) is 0 Å². The number of hydrogen-bond acceptors (Lipinski definition) is 1. The highest BCUT2D eigenvalue weighted by molar-refractivity contribution is 6.30. The van der Waals surface area contributed by atoms with Gasteiger partial charge in [-0.1, -0.05) is 30.7 Å². The van der Waals surface area contributed by atoms with Crippen LogP contribution in [-0.4, -0.2) is 13.6 Å². The Kier molecular flexibility index (Phi) is 3.57. The molecule has 0 saturated carbocycles. The lowest BCUT2D eigenvalue weighted by atomic mass is 10.0. The molecule has 0 aliphatic heterocycles. The molecule has 0 unspecified atom stereocenters. The van der Waals surface area contributed by atoms with Crippen LogP contribution in [0.25, 0.3) is 0 Å². The zero-order valence-electron chi connectivity index (χ0n) is 7.47. The van der Waals surface area contributed by atoms with Gasteiger partial charge in [0.2, 0.25) is 0 Å². The van der Waals surface area contributed by atoms with Crippen LogP contribution in [0, 0.1) is 0 Å². The molecule has 0 fully saturated rings. The van der Waals surface area contributed by atoms with E-state index in [4.69, 9.17) is 11.6 Å². The predicted octanol–water partition coefficient (Wildman–Crippen LogP) is 2.66. The third kappa shape index (κ3) is 2.50. The highest BCUT2D eigenvalue weighted by Gasteiger charge is 2.02. The molecular formula is C10H14ClN. The van der Waals surface area contributed by atoms with Crippen molar-refractivity contribution in [2.24, 2.45) is 0 Å². The smallest absolute Gasteiger partial charge is 0.0406 e. The van der Waals surface area contributed by atoms with Gasteiger partial charge >= 0.3 is 0 Å². The van der Waals surface area contributed by atoms with E-state index in [0.717, 1.165) is 11.6 Å². The fourth-order valence-electron chi connectivity index (χ4n) is 1.22. The van der Waals surface area contributed by atoms with Crippen LogP contribution in [0.2, 0.25) is 5.02 Å². The van der Waals surface area contributed by atoms with E-state index in [1.54, 1.807) is 0 Å². The van der Waals surface area contributed by atoms with Gasteiger partial charge in [0, 0.05) is 11.6 Å². The Morgan fingerprint density at radius 3 is 2.42 bits per heavy atom. The van der Waals surface area contributed by atoms with Crippen LogP contribution in [0.3, 0.4) is 0 Å². The molecule has 1 atom stereocenters. The van der Waals surface area contributed by atoms with Gasteiger partial charge in [0.1, 0.15) is 0 Å². The lowest BCUT2D eigenvalue weighted by Gasteiger charge is -2.10. The van der Waals surface area contributed by atoms with E-state index in [-0.39, 0.29) is 0 Å². The van der Waals surface area contributed by atoms with Crippen LogP contribution in [0.1, 0.15) is 18.4 Å². The molecule has 0 saturated heterocycles. The van der Waals surface area contributed by atoms with Crippen molar-refractivity contribution in [3.05, 3.63) is 34.9 Å². The fourth-order valence-corrected chi connectivity index (χ4v) is 1.34. The molecule has 1 rings (SSSR count). The Bertz CT molecular complexity index is 230. The van der Waals surface area contributed by atoms with E-state index in [1.165, 1.54) is 5.56 Å². The summed E-state index contributed by atoms with van der Waals surface area (Å²) in [6.07, 6.45) is 0. The zero-order valence-corrected chi connectivity index (χ0v) is 8.23. The summed E-state index contributed by atoms with van der Waals surface area (Å²) < 4.78 is 0. The van der Waals surface area contributed by atoms with Crippen LogP contribution in [0.15, 0.2) is 24.3 Å². The molecule has 0 aliphatic carbocycles. The van der Waals surface area contributed by atoms with Crippen LogP contribution in [0.4, 0.5) is 0 Å². The lowest BCUT2D eigenvalue weighted by molar-refractivity contribution is 0.678. The SMILES string of the molecule is CNC[C@H](C)c1ccc(Cl)cc1. The number of benzene rings is 1. The van der Waals surface area contributed by atoms with Gasteiger partial charge in [-0.05, 0) is 30.7 Å². The Morgan fingerprint density at radius 2 is 1.92 bits per heavy atom. The maximum atomic E-state index is 5.78. The average molecular weight is 184 g/mol. The summed E-state index contributed by atoms with van der Waals surface area (Å²) in [7, 11) is 1.96. The number of rotatable bonds is 3. The predicted molar refractivity (Wildman–Crippen MR) is 53.8 cm³/mol. The minimum Gasteiger partial charge on any atom is -0.319 e. The van der Waals surface area contributed by atoms with Crippen LogP contribution in [-0.2, 0) is 0 Å². The second kappa shape index (κ2) is 4.48. The van der Waals surface area contributed by atoms with Gasteiger partial charge in [0.15, 0.2) is 0 Å². The molecular weight excluding hydrogens is 170 g/mol. The van der Waals surface area contributed by atoms with Crippen molar-refractivity contribution in [2.45, 2.75) is 12.8 Å². The first-order valence-electron chi connectivity index (χ1n) is 4.14. The molecule has 0 spiro atoms. The third-order valence-corrected chi connectivity index (χ3v) is 2.20. The fraction of sp³-hybridized carbons (Fsp3) is 0.400. The summed E-state index contributed by atoms with van der Waals surface area (Å²) in [5.41, 5.74) is 1.33. The van der Waals surface area contributed by atoms with Crippen molar-refractivity contribution in [1.29, 1.82) is 0 Å². The van der Waals surface area contributed by atoms with Crippen molar-refractivity contribution < 1.29 is 0 Å². The van der Waals surface area contributed by atoms with E-state index < -0.39 is 0 Å². The Labute approximate surface area is 78.7 Å². The molecule has 1 nitrogen and oxygen atoms in total. The van der Waals surface area contributed by atoms with E-state index in [0.29, 0.717) is 5.92 Å². The molecule has 1 N–H and O–H groups in total. The monoisotopic (exact) mass is 183 g/mol. The summed E-state index contributed by atoms with van der Waals surface area (Å²) in [4.78, 5) is 0. The quantitative estimate of drug-likeness (QED) is 0.760. The Hall–Kier alpha value is -0.530. The van der Waals surface area contributed by atoms with Crippen LogP contribution < -0.4 is 5.32 Å². The number of likely N-dealkylation sites (N-methyl/N-ethyl adjacent to an activating group) is 1. The normalized spacial score (nSPS) is 12.9. The summed E-state index contributed by atoms with van der Waals surface area (Å²) >= 11 is 5.78. The van der Waals surface area contributed by atoms with Gasteiger partial charge in [-0.15, -0.1) is 0 Å². The van der Waals surface area contributed by atoms with Crippen LogP contribution >= 0.6 is 11.6 Å². The third-order valence-electron chi connectivity index (χ3n) is 1.95. The summed E-state index contributed by atoms with van der Waals surface area (Å²) in [5, 5.41) is 3.95. The molecule has 2 heteroatoms. The number of hydrogen-bond donors (Lipinski definition) is 1. The van der Waals surface area contributed by atoms with Gasteiger partial charge in [-0.2, -0.15) is 0 Å².